The number of methoxy groups -OCH3 is 1. The van der Waals surface area contributed by atoms with Crippen molar-refractivity contribution in [3.8, 4) is 17.2 Å². The van der Waals surface area contributed by atoms with E-state index in [1.54, 1.807) is 14.0 Å². The smallest absolute Gasteiger partial charge is 0.243 e. The second-order valence-electron chi connectivity index (χ2n) is 4.21. The number of rotatable bonds is 6. The normalized spacial score (nSPS) is 10.5. The van der Waals surface area contributed by atoms with Crippen molar-refractivity contribution in [2.75, 3.05) is 13.7 Å². The summed E-state index contributed by atoms with van der Waals surface area (Å²) >= 11 is 0. The molecule has 6 nitrogen and oxygen atoms in total. The highest BCUT2D eigenvalue weighted by atomic mass is 16.5. The number of aryl methyl sites for hydroxylation is 1. The average Bonchev–Trinajstić information content (AvgIpc) is 2.80. The number of benzene rings is 1. The van der Waals surface area contributed by atoms with Crippen molar-refractivity contribution in [2.45, 2.75) is 13.5 Å². The lowest BCUT2D eigenvalue weighted by molar-refractivity contribution is -0.122. The topological polar surface area (TPSA) is 87.6 Å². The van der Waals surface area contributed by atoms with Crippen LogP contribution in [-0.4, -0.2) is 24.6 Å². The molecule has 0 bridgehead atoms. The molecule has 1 aromatic heterocycles. The number of amides is 1. The lowest BCUT2D eigenvalue weighted by atomic mass is 10.2. The van der Waals surface area contributed by atoms with E-state index >= 15 is 0 Å². The van der Waals surface area contributed by atoms with Gasteiger partial charge in [-0.15, -0.1) is 0 Å². The Morgan fingerprint density at radius 2 is 2.05 bits per heavy atom. The summed E-state index contributed by atoms with van der Waals surface area (Å²) in [6.07, 6.45) is 0. The van der Waals surface area contributed by atoms with Crippen LogP contribution in [0.1, 0.15) is 11.5 Å². The molecule has 2 aromatic rings. The van der Waals surface area contributed by atoms with Crippen LogP contribution >= 0.6 is 0 Å². The maximum absolute atomic E-state index is 10.6. The highest BCUT2D eigenvalue weighted by Crippen LogP contribution is 2.24. The number of hydrogen-bond acceptors (Lipinski definition) is 5. The van der Waals surface area contributed by atoms with Crippen molar-refractivity contribution in [3.63, 3.8) is 0 Å². The quantitative estimate of drug-likeness (QED) is 0.867. The first kappa shape index (κ1) is 14.1. The average molecular weight is 276 g/mol. The molecule has 6 heteroatoms. The van der Waals surface area contributed by atoms with Crippen LogP contribution in [0.15, 0.2) is 28.7 Å². The zero-order valence-corrected chi connectivity index (χ0v) is 11.4. The molecule has 0 atom stereocenters. The molecule has 0 unspecified atom stereocenters. The van der Waals surface area contributed by atoms with Crippen molar-refractivity contribution in [1.82, 2.24) is 4.98 Å². The van der Waals surface area contributed by atoms with E-state index in [9.17, 15) is 4.79 Å². The molecule has 0 fully saturated rings. The second kappa shape index (κ2) is 6.21. The van der Waals surface area contributed by atoms with Crippen LogP contribution in [0.5, 0.6) is 5.75 Å². The Bertz CT molecular complexity index is 590. The van der Waals surface area contributed by atoms with Gasteiger partial charge in [0.05, 0.1) is 13.7 Å². The van der Waals surface area contributed by atoms with Crippen LogP contribution < -0.4 is 10.5 Å². The van der Waals surface area contributed by atoms with Crippen molar-refractivity contribution in [3.05, 3.63) is 35.7 Å². The molecule has 2 N–H and O–H groups in total. The van der Waals surface area contributed by atoms with Gasteiger partial charge in [0.25, 0.3) is 0 Å². The molecule has 0 radical (unpaired) electrons. The monoisotopic (exact) mass is 276 g/mol. The van der Waals surface area contributed by atoms with E-state index in [2.05, 4.69) is 4.98 Å². The molecular weight excluding hydrogens is 260 g/mol. The van der Waals surface area contributed by atoms with Crippen molar-refractivity contribution >= 4 is 5.91 Å². The fourth-order valence-corrected chi connectivity index (χ4v) is 1.67. The van der Waals surface area contributed by atoms with Crippen molar-refractivity contribution in [1.29, 1.82) is 0 Å². The highest BCUT2D eigenvalue weighted by Gasteiger charge is 2.12. The van der Waals surface area contributed by atoms with Gasteiger partial charge in [-0.25, -0.2) is 4.98 Å². The molecule has 1 heterocycles. The molecule has 106 valence electrons. The summed E-state index contributed by atoms with van der Waals surface area (Å²) < 4.78 is 15.8. The maximum atomic E-state index is 10.6. The zero-order chi connectivity index (χ0) is 14.5. The van der Waals surface area contributed by atoms with Gasteiger partial charge in [-0.3, -0.25) is 4.79 Å². The second-order valence-corrected chi connectivity index (χ2v) is 4.21. The summed E-state index contributed by atoms with van der Waals surface area (Å²) in [6, 6.07) is 7.38. The number of nitrogens with two attached hydrogens (primary N) is 1. The molecule has 1 aromatic carbocycles. The van der Waals surface area contributed by atoms with E-state index in [-0.39, 0.29) is 13.2 Å². The highest BCUT2D eigenvalue weighted by molar-refractivity contribution is 5.74. The van der Waals surface area contributed by atoms with Gasteiger partial charge in [0.2, 0.25) is 11.8 Å². The Labute approximate surface area is 116 Å². The minimum absolute atomic E-state index is 0.135. The van der Waals surface area contributed by atoms with Gasteiger partial charge in [-0.2, -0.15) is 0 Å². The summed E-state index contributed by atoms with van der Waals surface area (Å²) in [7, 11) is 1.61. The van der Waals surface area contributed by atoms with Gasteiger partial charge < -0.3 is 19.6 Å². The van der Waals surface area contributed by atoms with Crippen LogP contribution in [-0.2, 0) is 16.1 Å². The maximum Gasteiger partial charge on any atom is 0.243 e. The third-order valence-electron chi connectivity index (χ3n) is 2.71. The van der Waals surface area contributed by atoms with Crippen molar-refractivity contribution < 1.29 is 18.7 Å². The lowest BCUT2D eigenvalue weighted by Crippen LogP contribution is -2.18. The summed E-state index contributed by atoms with van der Waals surface area (Å²) in [5.41, 5.74) is 6.49. The van der Waals surface area contributed by atoms with Gasteiger partial charge in [0.1, 0.15) is 23.8 Å². The number of oxazole rings is 1. The van der Waals surface area contributed by atoms with Crippen LogP contribution in [0.4, 0.5) is 0 Å². The molecular formula is C14H16N2O4. The standard InChI is InChI=1S/C14H16N2O4/c1-9-12(7-19-8-13(15)17)16-14(20-9)10-3-5-11(18-2)6-4-10/h3-6H,7-8H2,1-2H3,(H2,15,17). The molecule has 2 rings (SSSR count). The summed E-state index contributed by atoms with van der Waals surface area (Å²) in [4.78, 5) is 15.0. The first-order valence-corrected chi connectivity index (χ1v) is 6.07. The van der Waals surface area contributed by atoms with E-state index in [0.717, 1.165) is 11.3 Å². The van der Waals surface area contributed by atoms with Crippen LogP contribution in [0.2, 0.25) is 0 Å². The van der Waals surface area contributed by atoms with E-state index in [1.165, 1.54) is 0 Å². The van der Waals surface area contributed by atoms with Crippen LogP contribution in [0.3, 0.4) is 0 Å². The lowest BCUT2D eigenvalue weighted by Gasteiger charge is -1.99. The fourth-order valence-electron chi connectivity index (χ4n) is 1.67. The molecule has 0 aliphatic heterocycles. The molecule has 0 spiro atoms. The summed E-state index contributed by atoms with van der Waals surface area (Å²) in [6.45, 7) is 1.85. The Kier molecular flexibility index (Phi) is 4.37. The third kappa shape index (κ3) is 3.36. The van der Waals surface area contributed by atoms with Crippen molar-refractivity contribution in [2.24, 2.45) is 5.73 Å². The minimum Gasteiger partial charge on any atom is -0.497 e. The summed E-state index contributed by atoms with van der Waals surface area (Å²) in [5.74, 6) is 1.41. The zero-order valence-electron chi connectivity index (χ0n) is 11.4. The Balaban J connectivity index is 2.11. The molecule has 0 saturated carbocycles. The Morgan fingerprint density at radius 1 is 1.35 bits per heavy atom. The van der Waals surface area contributed by atoms with Gasteiger partial charge in [-0.05, 0) is 31.2 Å². The van der Waals surface area contributed by atoms with Gasteiger partial charge in [-0.1, -0.05) is 0 Å². The number of carbonyl (C=O) groups is 1. The number of aromatic nitrogens is 1. The first-order valence-electron chi connectivity index (χ1n) is 6.07. The number of ether oxygens (including phenoxy) is 2. The third-order valence-corrected chi connectivity index (χ3v) is 2.71. The first-order chi connectivity index (χ1) is 9.60. The predicted octanol–water partition coefficient (Wildman–Crippen LogP) is 1.66. The molecule has 0 aliphatic carbocycles. The number of carbonyl (C=O) groups excluding carboxylic acids is 1. The van der Waals surface area contributed by atoms with E-state index in [0.29, 0.717) is 17.3 Å². The largest absolute Gasteiger partial charge is 0.497 e. The van der Waals surface area contributed by atoms with E-state index in [1.807, 2.05) is 24.3 Å². The molecule has 1 amide bonds. The van der Waals surface area contributed by atoms with E-state index < -0.39 is 5.91 Å². The fraction of sp³-hybridized carbons (Fsp3) is 0.286. The molecule has 0 saturated heterocycles. The predicted molar refractivity (Wildman–Crippen MR) is 72.1 cm³/mol. The van der Waals surface area contributed by atoms with Gasteiger partial charge in [0, 0.05) is 5.56 Å². The molecule has 20 heavy (non-hydrogen) atoms. The van der Waals surface area contributed by atoms with E-state index in [4.69, 9.17) is 19.6 Å². The minimum atomic E-state index is -0.512. The Morgan fingerprint density at radius 3 is 2.65 bits per heavy atom. The number of hydrogen-bond donors (Lipinski definition) is 1. The Hall–Kier alpha value is -2.34. The number of primary amides is 1. The van der Waals surface area contributed by atoms with Gasteiger partial charge >= 0.3 is 0 Å². The molecule has 0 aliphatic rings. The van der Waals surface area contributed by atoms with Gasteiger partial charge in [0.15, 0.2) is 0 Å². The number of nitrogens with zero attached hydrogens (tertiary/aromatic N) is 1. The van der Waals surface area contributed by atoms with Crippen LogP contribution in [0, 0.1) is 6.92 Å². The SMILES string of the molecule is COc1ccc(-c2nc(COCC(N)=O)c(C)o2)cc1. The van der Waals surface area contributed by atoms with Crippen LogP contribution in [0.25, 0.3) is 11.5 Å². The summed E-state index contributed by atoms with van der Waals surface area (Å²) in [5, 5.41) is 0.